The van der Waals surface area contributed by atoms with E-state index in [4.69, 9.17) is 10.5 Å². The fraction of sp³-hybridized carbons (Fsp3) is 0.667. The van der Waals surface area contributed by atoms with Crippen LogP contribution >= 0.6 is 0 Å². The van der Waals surface area contributed by atoms with Crippen molar-refractivity contribution in [1.29, 1.82) is 0 Å². The molecule has 0 spiro atoms. The van der Waals surface area contributed by atoms with E-state index in [1.165, 1.54) is 12.8 Å². The third-order valence-corrected chi connectivity index (χ3v) is 4.64. The van der Waals surface area contributed by atoms with Crippen LogP contribution in [-0.2, 0) is 11.2 Å². The SMILES string of the molecule is CCCCC(N)Cc1ccccc1C(=O)OCC(CC)CCCC. The van der Waals surface area contributed by atoms with E-state index in [9.17, 15) is 4.79 Å². The number of nitrogens with two attached hydrogens (primary N) is 1. The molecule has 0 aliphatic heterocycles. The van der Waals surface area contributed by atoms with Gasteiger partial charge in [-0.25, -0.2) is 4.79 Å². The number of benzene rings is 1. The quantitative estimate of drug-likeness (QED) is 0.540. The Kier molecular flexibility index (Phi) is 10.4. The number of unbranched alkanes of at least 4 members (excludes halogenated alkanes) is 2. The van der Waals surface area contributed by atoms with E-state index in [1.54, 1.807) is 0 Å². The standard InChI is InChI=1S/C21H35NO2/c1-4-7-11-17(6-3)16-24-21(23)20-14-10-9-12-18(20)15-19(22)13-8-5-2/h9-10,12,14,17,19H,4-8,11,13,15-16,22H2,1-3H3. The summed E-state index contributed by atoms with van der Waals surface area (Å²) in [4.78, 5) is 12.5. The molecular weight excluding hydrogens is 298 g/mol. The van der Waals surface area contributed by atoms with Gasteiger partial charge in [-0.1, -0.05) is 71.1 Å². The van der Waals surface area contributed by atoms with E-state index in [1.807, 2.05) is 24.3 Å². The minimum Gasteiger partial charge on any atom is -0.462 e. The lowest BCUT2D eigenvalue weighted by atomic mass is 9.97. The molecule has 0 saturated heterocycles. The molecule has 1 aromatic rings. The lowest BCUT2D eigenvalue weighted by molar-refractivity contribution is 0.0427. The van der Waals surface area contributed by atoms with Gasteiger partial charge in [0.25, 0.3) is 0 Å². The van der Waals surface area contributed by atoms with E-state index < -0.39 is 0 Å². The fourth-order valence-corrected chi connectivity index (χ4v) is 2.92. The Bertz CT molecular complexity index is 473. The molecule has 0 radical (unpaired) electrons. The minimum absolute atomic E-state index is 0.104. The molecule has 24 heavy (non-hydrogen) atoms. The molecular formula is C21H35NO2. The topological polar surface area (TPSA) is 52.3 Å². The second kappa shape index (κ2) is 12.1. The van der Waals surface area contributed by atoms with Gasteiger partial charge in [0, 0.05) is 6.04 Å². The highest BCUT2D eigenvalue weighted by Gasteiger charge is 2.16. The number of rotatable bonds is 12. The van der Waals surface area contributed by atoms with Gasteiger partial charge in [0.15, 0.2) is 0 Å². The Hall–Kier alpha value is -1.35. The van der Waals surface area contributed by atoms with Crippen LogP contribution in [0, 0.1) is 5.92 Å². The molecule has 0 saturated carbocycles. The molecule has 2 atom stereocenters. The highest BCUT2D eigenvalue weighted by atomic mass is 16.5. The van der Waals surface area contributed by atoms with E-state index in [0.717, 1.165) is 44.1 Å². The smallest absolute Gasteiger partial charge is 0.338 e. The third-order valence-electron chi connectivity index (χ3n) is 4.64. The van der Waals surface area contributed by atoms with Gasteiger partial charge in [-0.3, -0.25) is 0 Å². The number of carbonyl (C=O) groups excluding carboxylic acids is 1. The number of esters is 1. The van der Waals surface area contributed by atoms with Gasteiger partial charge in [-0.15, -0.1) is 0 Å². The van der Waals surface area contributed by atoms with Gasteiger partial charge in [0.1, 0.15) is 0 Å². The van der Waals surface area contributed by atoms with Crippen molar-refractivity contribution in [3.63, 3.8) is 0 Å². The van der Waals surface area contributed by atoms with Crippen LogP contribution in [0.3, 0.4) is 0 Å². The zero-order valence-electron chi connectivity index (χ0n) is 15.7. The van der Waals surface area contributed by atoms with Gasteiger partial charge in [-0.2, -0.15) is 0 Å². The summed E-state index contributed by atoms with van der Waals surface area (Å²) < 4.78 is 5.60. The van der Waals surface area contributed by atoms with Gasteiger partial charge >= 0.3 is 5.97 Å². The van der Waals surface area contributed by atoms with Crippen LogP contribution in [0.4, 0.5) is 0 Å². The molecule has 0 amide bonds. The van der Waals surface area contributed by atoms with Crippen molar-refractivity contribution < 1.29 is 9.53 Å². The highest BCUT2D eigenvalue weighted by molar-refractivity contribution is 5.91. The fourth-order valence-electron chi connectivity index (χ4n) is 2.92. The van der Waals surface area contributed by atoms with Crippen molar-refractivity contribution in [3.8, 4) is 0 Å². The van der Waals surface area contributed by atoms with Gasteiger partial charge in [0.2, 0.25) is 0 Å². The Morgan fingerprint density at radius 2 is 1.75 bits per heavy atom. The predicted octanol–water partition coefficient (Wildman–Crippen LogP) is 5.12. The Labute approximate surface area is 148 Å². The second-order valence-electron chi connectivity index (χ2n) is 6.78. The lowest BCUT2D eigenvalue weighted by Gasteiger charge is -2.17. The number of hydrogen-bond donors (Lipinski definition) is 1. The molecule has 1 aromatic carbocycles. The maximum atomic E-state index is 12.5. The van der Waals surface area contributed by atoms with Crippen LogP contribution in [0.15, 0.2) is 24.3 Å². The summed E-state index contributed by atoms with van der Waals surface area (Å²) in [6.07, 6.45) is 8.56. The second-order valence-corrected chi connectivity index (χ2v) is 6.78. The summed E-state index contributed by atoms with van der Waals surface area (Å²) >= 11 is 0. The summed E-state index contributed by atoms with van der Waals surface area (Å²) in [7, 11) is 0. The molecule has 0 fully saturated rings. The molecule has 2 unspecified atom stereocenters. The van der Waals surface area contributed by atoms with Gasteiger partial charge in [0.05, 0.1) is 12.2 Å². The molecule has 3 nitrogen and oxygen atoms in total. The van der Waals surface area contributed by atoms with E-state index in [-0.39, 0.29) is 12.0 Å². The van der Waals surface area contributed by atoms with Crippen molar-refractivity contribution in [2.75, 3.05) is 6.61 Å². The van der Waals surface area contributed by atoms with Gasteiger partial charge < -0.3 is 10.5 Å². The van der Waals surface area contributed by atoms with E-state index in [0.29, 0.717) is 18.1 Å². The van der Waals surface area contributed by atoms with Crippen LogP contribution in [0.1, 0.15) is 81.6 Å². The minimum atomic E-state index is -0.205. The number of hydrogen-bond acceptors (Lipinski definition) is 3. The summed E-state index contributed by atoms with van der Waals surface area (Å²) in [6, 6.07) is 7.82. The van der Waals surface area contributed by atoms with Crippen molar-refractivity contribution >= 4 is 5.97 Å². The zero-order valence-corrected chi connectivity index (χ0v) is 15.7. The van der Waals surface area contributed by atoms with Crippen molar-refractivity contribution in [3.05, 3.63) is 35.4 Å². The Balaban J connectivity index is 2.63. The first-order valence-electron chi connectivity index (χ1n) is 9.62. The molecule has 1 rings (SSSR count). The first kappa shape index (κ1) is 20.7. The summed E-state index contributed by atoms with van der Waals surface area (Å²) in [5, 5.41) is 0. The van der Waals surface area contributed by atoms with Crippen molar-refractivity contribution in [2.45, 2.75) is 78.2 Å². The van der Waals surface area contributed by atoms with Crippen LogP contribution in [-0.4, -0.2) is 18.6 Å². The van der Waals surface area contributed by atoms with Crippen LogP contribution in [0.5, 0.6) is 0 Å². The molecule has 2 N–H and O–H groups in total. The van der Waals surface area contributed by atoms with Crippen molar-refractivity contribution in [2.24, 2.45) is 11.7 Å². The normalized spacial score (nSPS) is 13.5. The molecule has 3 heteroatoms. The van der Waals surface area contributed by atoms with E-state index >= 15 is 0 Å². The van der Waals surface area contributed by atoms with Crippen LogP contribution in [0.2, 0.25) is 0 Å². The maximum absolute atomic E-state index is 12.5. The average Bonchev–Trinajstić information content (AvgIpc) is 2.60. The monoisotopic (exact) mass is 333 g/mol. The molecule has 0 bridgehead atoms. The largest absolute Gasteiger partial charge is 0.462 e. The van der Waals surface area contributed by atoms with Gasteiger partial charge in [-0.05, 0) is 36.8 Å². The molecule has 0 aliphatic carbocycles. The molecule has 0 aliphatic rings. The zero-order chi connectivity index (χ0) is 17.8. The van der Waals surface area contributed by atoms with Crippen molar-refractivity contribution in [1.82, 2.24) is 0 Å². The molecule has 0 aromatic heterocycles. The molecule has 136 valence electrons. The number of carbonyl (C=O) groups is 1. The first-order chi connectivity index (χ1) is 11.6. The lowest BCUT2D eigenvalue weighted by Crippen LogP contribution is -2.24. The maximum Gasteiger partial charge on any atom is 0.338 e. The first-order valence-corrected chi connectivity index (χ1v) is 9.62. The van der Waals surface area contributed by atoms with Crippen LogP contribution in [0.25, 0.3) is 0 Å². The summed E-state index contributed by atoms with van der Waals surface area (Å²) in [6.45, 7) is 7.04. The molecule has 0 heterocycles. The summed E-state index contributed by atoms with van der Waals surface area (Å²) in [5.41, 5.74) is 7.89. The average molecular weight is 334 g/mol. The van der Waals surface area contributed by atoms with Crippen LogP contribution < -0.4 is 5.73 Å². The highest BCUT2D eigenvalue weighted by Crippen LogP contribution is 2.17. The Morgan fingerprint density at radius 3 is 2.42 bits per heavy atom. The third kappa shape index (κ3) is 7.48. The van der Waals surface area contributed by atoms with E-state index in [2.05, 4.69) is 20.8 Å². The number of ether oxygens (including phenoxy) is 1. The predicted molar refractivity (Wildman–Crippen MR) is 101 cm³/mol. The summed E-state index contributed by atoms with van der Waals surface area (Å²) in [5.74, 6) is 0.260. The Morgan fingerprint density at radius 1 is 1.08 bits per heavy atom.